The first-order valence-electron chi connectivity index (χ1n) is 7.10. The normalized spacial score (nSPS) is 11.9. The molecule has 1 aromatic carbocycles. The third kappa shape index (κ3) is 3.64. The van der Waals surface area contributed by atoms with E-state index in [2.05, 4.69) is 11.9 Å². The maximum absolute atomic E-state index is 12.4. The Morgan fingerprint density at radius 1 is 1.43 bits per heavy atom. The van der Waals surface area contributed by atoms with Crippen LogP contribution < -0.4 is 9.67 Å². The Bertz CT molecular complexity index is 662. The van der Waals surface area contributed by atoms with E-state index in [1.807, 2.05) is 37.0 Å². The summed E-state index contributed by atoms with van der Waals surface area (Å²) in [5, 5.41) is 13.0. The predicted molar refractivity (Wildman–Crippen MR) is 82.9 cm³/mol. The van der Waals surface area contributed by atoms with Gasteiger partial charge in [-0.15, -0.1) is 0 Å². The van der Waals surface area contributed by atoms with Gasteiger partial charge in [-0.2, -0.15) is 0 Å². The smallest absolute Gasteiger partial charge is 0.292 e. The van der Waals surface area contributed by atoms with Gasteiger partial charge >= 0.3 is 0 Å². The molecule has 0 saturated carbocycles. The number of rotatable bonds is 5. The number of benzene rings is 1. The van der Waals surface area contributed by atoms with E-state index in [1.54, 1.807) is 16.7 Å². The number of aromatic nitrogens is 2. The second kappa shape index (κ2) is 6.76. The molecule has 0 spiro atoms. The largest absolute Gasteiger partial charge is 0.853 e. The van der Waals surface area contributed by atoms with Crippen molar-refractivity contribution in [1.82, 2.24) is 4.57 Å². The molecular formula is C16H20ClN3O. The fourth-order valence-corrected chi connectivity index (χ4v) is 2.30. The topological polar surface area (TPSA) is 44.2 Å². The third-order valence-electron chi connectivity index (χ3n) is 3.41. The molecule has 4 nitrogen and oxygen atoms in total. The molecule has 1 heterocycles. The molecule has 1 aromatic heterocycles. The van der Waals surface area contributed by atoms with Gasteiger partial charge in [-0.3, -0.25) is 4.99 Å². The Morgan fingerprint density at radius 2 is 2.19 bits per heavy atom. The van der Waals surface area contributed by atoms with Gasteiger partial charge in [-0.1, -0.05) is 31.0 Å². The molecule has 0 atom stereocenters. The van der Waals surface area contributed by atoms with Gasteiger partial charge in [0.2, 0.25) is 0 Å². The lowest BCUT2D eigenvalue weighted by Gasteiger charge is -2.10. The predicted octanol–water partition coefficient (Wildman–Crippen LogP) is 2.51. The van der Waals surface area contributed by atoms with E-state index in [1.165, 1.54) is 0 Å². The minimum atomic E-state index is -0.251. The van der Waals surface area contributed by atoms with Crippen LogP contribution in [0.5, 0.6) is 0 Å². The number of unbranched alkanes of at least 4 members (excludes halogenated alkanes) is 1. The van der Waals surface area contributed by atoms with Crippen LogP contribution in [-0.4, -0.2) is 10.5 Å². The van der Waals surface area contributed by atoms with Crippen molar-refractivity contribution in [3.63, 3.8) is 0 Å². The van der Waals surface area contributed by atoms with Crippen molar-refractivity contribution >= 4 is 23.2 Å². The zero-order chi connectivity index (χ0) is 15.4. The molecule has 0 N–H and O–H groups in total. The number of nitrogens with zero attached hydrogens (tertiary/aromatic N) is 3. The summed E-state index contributed by atoms with van der Waals surface area (Å²) in [5.41, 5.74) is 1.55. The van der Waals surface area contributed by atoms with E-state index in [9.17, 15) is 5.11 Å². The molecule has 21 heavy (non-hydrogen) atoms. The molecule has 0 aliphatic heterocycles. The summed E-state index contributed by atoms with van der Waals surface area (Å²) >= 11 is 6.07. The second-order valence-electron chi connectivity index (χ2n) is 5.13. The van der Waals surface area contributed by atoms with Crippen LogP contribution in [0.1, 0.15) is 31.2 Å². The van der Waals surface area contributed by atoms with E-state index < -0.39 is 0 Å². The summed E-state index contributed by atoms with van der Waals surface area (Å²) in [4.78, 5) is 4.17. The van der Waals surface area contributed by atoms with Crippen LogP contribution in [0.15, 0.2) is 35.6 Å². The Hall–Kier alpha value is -1.81. The number of hydrogen-bond acceptors (Lipinski definition) is 2. The Labute approximate surface area is 130 Å². The van der Waals surface area contributed by atoms with Crippen molar-refractivity contribution in [1.29, 1.82) is 0 Å². The lowest BCUT2D eigenvalue weighted by Crippen LogP contribution is -2.40. The van der Waals surface area contributed by atoms with Gasteiger partial charge < -0.3 is 5.11 Å². The number of hydrogen-bond donors (Lipinski definition) is 0. The average Bonchev–Trinajstić information content (AvgIpc) is 2.81. The van der Waals surface area contributed by atoms with Crippen LogP contribution in [-0.2, 0) is 13.6 Å². The standard InChI is InChI=1S/C16H20ClN3O/c1-4-5-8-20-10-9-19(3)16(20)15(21)18-13-7-6-12(2)14(17)11-13/h6-7,9-11H,4-5,8H2,1-3H3. The molecule has 0 radical (unpaired) electrons. The first-order chi connectivity index (χ1) is 10.0. The summed E-state index contributed by atoms with van der Waals surface area (Å²) in [6, 6.07) is 5.39. The number of halogens is 1. The van der Waals surface area contributed by atoms with Crippen molar-refractivity contribution < 1.29 is 9.67 Å². The number of aliphatic imine (C=N–C) groups is 1. The van der Waals surface area contributed by atoms with Crippen LogP contribution in [0, 0.1) is 6.92 Å². The third-order valence-corrected chi connectivity index (χ3v) is 3.81. The van der Waals surface area contributed by atoms with Gasteiger partial charge in [0, 0.05) is 5.02 Å². The van der Waals surface area contributed by atoms with Gasteiger partial charge in [-0.05, 0) is 31.0 Å². The fourth-order valence-electron chi connectivity index (χ4n) is 2.13. The molecular weight excluding hydrogens is 286 g/mol. The van der Waals surface area contributed by atoms with Crippen molar-refractivity contribution in [2.45, 2.75) is 33.2 Å². The molecule has 2 aromatic rings. The molecule has 0 unspecified atom stereocenters. The molecule has 2 rings (SSSR count). The Balaban J connectivity index is 2.34. The van der Waals surface area contributed by atoms with Gasteiger partial charge in [0.15, 0.2) is 0 Å². The highest BCUT2D eigenvalue weighted by Crippen LogP contribution is 2.22. The van der Waals surface area contributed by atoms with Crippen LogP contribution in [0.4, 0.5) is 5.69 Å². The summed E-state index contributed by atoms with van der Waals surface area (Å²) in [6.45, 7) is 4.87. The molecule has 0 amide bonds. The molecule has 0 fully saturated rings. The second-order valence-corrected chi connectivity index (χ2v) is 5.54. The quantitative estimate of drug-likeness (QED) is 0.475. The van der Waals surface area contributed by atoms with Crippen molar-refractivity contribution in [2.75, 3.05) is 0 Å². The number of aryl methyl sites for hydroxylation is 3. The highest BCUT2D eigenvalue weighted by molar-refractivity contribution is 6.31. The molecule has 112 valence electrons. The summed E-state index contributed by atoms with van der Waals surface area (Å²) in [7, 11) is 1.85. The molecule has 5 heteroatoms. The van der Waals surface area contributed by atoms with Gasteiger partial charge in [-0.25, -0.2) is 9.13 Å². The van der Waals surface area contributed by atoms with Crippen molar-refractivity contribution in [2.24, 2.45) is 12.0 Å². The Morgan fingerprint density at radius 3 is 2.86 bits per heavy atom. The minimum absolute atomic E-state index is 0.251. The monoisotopic (exact) mass is 305 g/mol. The minimum Gasteiger partial charge on any atom is -0.853 e. The zero-order valence-electron chi connectivity index (χ0n) is 12.6. The maximum atomic E-state index is 12.4. The van der Waals surface area contributed by atoms with E-state index in [4.69, 9.17) is 11.6 Å². The first kappa shape index (κ1) is 15.6. The van der Waals surface area contributed by atoms with Gasteiger partial charge in [0.05, 0.1) is 25.2 Å². The van der Waals surface area contributed by atoms with Gasteiger partial charge in [0.25, 0.3) is 5.82 Å². The first-order valence-corrected chi connectivity index (χ1v) is 7.47. The van der Waals surface area contributed by atoms with Crippen LogP contribution in [0.3, 0.4) is 0 Å². The van der Waals surface area contributed by atoms with Crippen molar-refractivity contribution in [3.8, 4) is 0 Å². The summed E-state index contributed by atoms with van der Waals surface area (Å²) in [6.07, 6.45) is 5.91. The van der Waals surface area contributed by atoms with Gasteiger partial charge in [0.1, 0.15) is 12.4 Å². The lowest BCUT2D eigenvalue weighted by atomic mass is 10.2. The molecule has 0 saturated heterocycles. The highest BCUT2D eigenvalue weighted by Gasteiger charge is 2.14. The highest BCUT2D eigenvalue weighted by atomic mass is 35.5. The van der Waals surface area contributed by atoms with E-state index in [0.717, 1.165) is 24.9 Å². The van der Waals surface area contributed by atoms with Crippen LogP contribution in [0.2, 0.25) is 5.02 Å². The van der Waals surface area contributed by atoms with Crippen LogP contribution in [0.25, 0.3) is 0 Å². The molecule has 0 bridgehead atoms. The SMILES string of the molecule is CCCCn1cc[n+](C)c1/C([O-])=N/c1ccc(C)c(Cl)c1. The van der Waals surface area contributed by atoms with E-state index in [-0.39, 0.29) is 5.90 Å². The summed E-state index contributed by atoms with van der Waals surface area (Å²) < 4.78 is 3.75. The molecule has 0 aliphatic carbocycles. The van der Waals surface area contributed by atoms with E-state index in [0.29, 0.717) is 16.5 Å². The molecule has 0 aliphatic rings. The zero-order valence-corrected chi connectivity index (χ0v) is 13.4. The van der Waals surface area contributed by atoms with Crippen LogP contribution >= 0.6 is 11.6 Å². The van der Waals surface area contributed by atoms with Crippen molar-refractivity contribution in [3.05, 3.63) is 47.0 Å². The number of imidazole rings is 1. The fraction of sp³-hybridized carbons (Fsp3) is 0.375. The maximum Gasteiger partial charge on any atom is 0.292 e. The average molecular weight is 306 g/mol. The lowest BCUT2D eigenvalue weighted by molar-refractivity contribution is -0.674. The summed E-state index contributed by atoms with van der Waals surface area (Å²) in [5.74, 6) is 0.332. The van der Waals surface area contributed by atoms with E-state index >= 15 is 0 Å². The Kier molecular flexibility index (Phi) is 5.02.